The molecule has 162 valence electrons. The molecule has 1 amide bonds. The van der Waals surface area contributed by atoms with E-state index in [1.165, 1.54) is 12.0 Å². The van der Waals surface area contributed by atoms with Crippen LogP contribution in [0.15, 0.2) is 66.0 Å². The number of hydrogen-bond acceptors (Lipinski definition) is 5. The molecule has 32 heavy (non-hydrogen) atoms. The maximum absolute atomic E-state index is 13.7. The molecule has 0 atom stereocenters. The standard InChI is InChI=1S/C23H22N6O3/c1-15-18(17-9-11-27(12-10-17)23(31)32-3)29-21(30)19-20(26(2)22(29)25-15)24-14-28(19)13-16-7-5-4-6-8-16/h4-12,14,17H,13H2,1-3H3. The Labute approximate surface area is 183 Å². The normalized spacial score (nSPS) is 14.0. The number of hydrogen-bond donors (Lipinski definition) is 0. The Morgan fingerprint density at radius 3 is 2.56 bits per heavy atom. The number of aryl methyl sites for hydroxylation is 2. The minimum atomic E-state index is -0.478. The minimum absolute atomic E-state index is 0.172. The Morgan fingerprint density at radius 2 is 1.88 bits per heavy atom. The third-order valence-corrected chi connectivity index (χ3v) is 5.73. The third kappa shape index (κ3) is 3.01. The lowest BCUT2D eigenvalue weighted by Gasteiger charge is -2.19. The third-order valence-electron chi connectivity index (χ3n) is 5.73. The van der Waals surface area contributed by atoms with Gasteiger partial charge in [-0.1, -0.05) is 42.5 Å². The zero-order valence-electron chi connectivity index (χ0n) is 18.0. The van der Waals surface area contributed by atoms with E-state index in [2.05, 4.69) is 9.97 Å². The molecule has 5 rings (SSSR count). The molecule has 3 aromatic heterocycles. The molecule has 0 saturated heterocycles. The van der Waals surface area contributed by atoms with Crippen molar-refractivity contribution >= 4 is 23.0 Å². The van der Waals surface area contributed by atoms with E-state index in [9.17, 15) is 9.59 Å². The number of amides is 1. The van der Waals surface area contributed by atoms with Crippen molar-refractivity contribution in [1.82, 2.24) is 28.4 Å². The largest absolute Gasteiger partial charge is 0.452 e. The van der Waals surface area contributed by atoms with Gasteiger partial charge in [-0.05, 0) is 12.5 Å². The molecule has 0 fully saturated rings. The van der Waals surface area contributed by atoms with Gasteiger partial charge in [0.05, 0.1) is 24.8 Å². The number of nitrogens with zero attached hydrogens (tertiary/aromatic N) is 6. The number of benzene rings is 1. The SMILES string of the molecule is COC(=O)N1C=CC(c2c(C)nc3n(C)c4ncn(Cc5ccccc5)c4c(=O)n23)C=C1. The van der Waals surface area contributed by atoms with E-state index in [0.29, 0.717) is 23.5 Å². The first kappa shape index (κ1) is 19.8. The Kier molecular flexibility index (Phi) is 4.66. The van der Waals surface area contributed by atoms with E-state index in [1.54, 1.807) is 23.1 Å². The van der Waals surface area contributed by atoms with E-state index < -0.39 is 6.09 Å². The number of aromatic nitrogens is 5. The monoisotopic (exact) mass is 430 g/mol. The molecule has 9 heteroatoms. The summed E-state index contributed by atoms with van der Waals surface area (Å²) in [6.45, 7) is 2.42. The summed E-state index contributed by atoms with van der Waals surface area (Å²) in [7, 11) is 3.19. The van der Waals surface area contributed by atoms with Crippen LogP contribution in [0, 0.1) is 6.92 Å². The second-order valence-electron chi connectivity index (χ2n) is 7.70. The summed E-state index contributed by atoms with van der Waals surface area (Å²) in [4.78, 5) is 36.0. The first-order valence-corrected chi connectivity index (χ1v) is 10.2. The van der Waals surface area contributed by atoms with Gasteiger partial charge < -0.3 is 9.30 Å². The van der Waals surface area contributed by atoms with Crippen molar-refractivity contribution in [2.24, 2.45) is 7.05 Å². The number of ether oxygens (including phenoxy) is 1. The summed E-state index contributed by atoms with van der Waals surface area (Å²) in [6.07, 6.45) is 8.18. The van der Waals surface area contributed by atoms with Crippen LogP contribution in [0.2, 0.25) is 0 Å². The number of imidazole rings is 2. The average molecular weight is 430 g/mol. The van der Waals surface area contributed by atoms with Gasteiger partial charge in [0.1, 0.15) is 0 Å². The van der Waals surface area contributed by atoms with Gasteiger partial charge in [-0.3, -0.25) is 14.3 Å². The molecule has 9 nitrogen and oxygen atoms in total. The molecule has 4 heterocycles. The number of fused-ring (bicyclic) bond motifs is 2. The van der Waals surface area contributed by atoms with Gasteiger partial charge >= 0.3 is 6.09 Å². The van der Waals surface area contributed by atoms with Crippen molar-refractivity contribution in [2.45, 2.75) is 19.4 Å². The highest BCUT2D eigenvalue weighted by Gasteiger charge is 2.24. The molecule has 0 bridgehead atoms. The quantitative estimate of drug-likeness (QED) is 0.499. The van der Waals surface area contributed by atoms with Gasteiger partial charge in [0.2, 0.25) is 5.78 Å². The molecule has 0 saturated carbocycles. The first-order chi connectivity index (χ1) is 15.5. The first-order valence-electron chi connectivity index (χ1n) is 10.2. The van der Waals surface area contributed by atoms with Crippen LogP contribution in [-0.2, 0) is 18.3 Å². The lowest BCUT2D eigenvalue weighted by atomic mass is 10.0. The van der Waals surface area contributed by atoms with E-state index in [-0.39, 0.29) is 11.5 Å². The Morgan fingerprint density at radius 1 is 1.16 bits per heavy atom. The summed E-state index contributed by atoms with van der Waals surface area (Å²) in [5.41, 5.74) is 3.51. The van der Waals surface area contributed by atoms with Crippen LogP contribution < -0.4 is 5.56 Å². The predicted molar refractivity (Wildman–Crippen MR) is 119 cm³/mol. The molecule has 0 N–H and O–H groups in total. The number of carbonyl (C=O) groups is 1. The zero-order valence-corrected chi connectivity index (χ0v) is 18.0. The van der Waals surface area contributed by atoms with Gasteiger partial charge in [0, 0.05) is 31.9 Å². The maximum atomic E-state index is 13.7. The second-order valence-corrected chi connectivity index (χ2v) is 7.70. The van der Waals surface area contributed by atoms with Crippen LogP contribution >= 0.6 is 0 Å². The highest BCUT2D eigenvalue weighted by molar-refractivity contribution is 5.74. The van der Waals surface area contributed by atoms with Crippen molar-refractivity contribution in [2.75, 3.05) is 7.11 Å². The second kappa shape index (κ2) is 7.52. The van der Waals surface area contributed by atoms with E-state index in [0.717, 1.165) is 17.0 Å². The van der Waals surface area contributed by atoms with E-state index in [4.69, 9.17) is 4.74 Å². The Balaban J connectivity index is 1.67. The topological polar surface area (TPSA) is 86.7 Å². The van der Waals surface area contributed by atoms with Gasteiger partial charge in [0.15, 0.2) is 11.2 Å². The van der Waals surface area contributed by atoms with Crippen LogP contribution in [0.3, 0.4) is 0 Å². The summed E-state index contributed by atoms with van der Waals surface area (Å²) < 4.78 is 10.1. The Hall–Kier alpha value is -4.14. The molecule has 0 unspecified atom stereocenters. The van der Waals surface area contributed by atoms with Crippen LogP contribution in [0.25, 0.3) is 16.9 Å². The fourth-order valence-electron chi connectivity index (χ4n) is 4.17. The van der Waals surface area contributed by atoms with Crippen molar-refractivity contribution in [3.8, 4) is 0 Å². The highest BCUT2D eigenvalue weighted by Crippen LogP contribution is 2.27. The van der Waals surface area contributed by atoms with Gasteiger partial charge in [0.25, 0.3) is 5.56 Å². The number of allylic oxidation sites excluding steroid dienone is 2. The van der Waals surface area contributed by atoms with Crippen LogP contribution in [-0.4, -0.2) is 41.6 Å². The smallest absolute Gasteiger partial charge is 0.417 e. The highest BCUT2D eigenvalue weighted by atomic mass is 16.5. The van der Waals surface area contributed by atoms with Crippen molar-refractivity contribution in [3.63, 3.8) is 0 Å². The number of methoxy groups -OCH3 is 1. The Bertz CT molecular complexity index is 1440. The minimum Gasteiger partial charge on any atom is -0.452 e. The molecule has 0 spiro atoms. The number of carbonyl (C=O) groups excluding carboxylic acids is 1. The van der Waals surface area contributed by atoms with Crippen LogP contribution in [0.5, 0.6) is 0 Å². The molecule has 1 aliphatic rings. The molecule has 0 aliphatic carbocycles. The lowest BCUT2D eigenvalue weighted by molar-refractivity contribution is 0.151. The number of rotatable bonds is 3. The summed E-state index contributed by atoms with van der Waals surface area (Å²) >= 11 is 0. The fraction of sp³-hybridized carbons (Fsp3) is 0.217. The summed E-state index contributed by atoms with van der Waals surface area (Å²) in [5, 5.41) is 0. The van der Waals surface area contributed by atoms with Gasteiger partial charge in [-0.25, -0.2) is 19.2 Å². The summed E-state index contributed by atoms with van der Waals surface area (Å²) in [5.74, 6) is 0.304. The zero-order chi connectivity index (χ0) is 22.4. The molecule has 1 aliphatic heterocycles. The van der Waals surface area contributed by atoms with Gasteiger partial charge in [-0.2, -0.15) is 0 Å². The van der Waals surface area contributed by atoms with Crippen molar-refractivity contribution in [1.29, 1.82) is 0 Å². The van der Waals surface area contributed by atoms with Crippen LogP contribution in [0.4, 0.5) is 4.79 Å². The molecular formula is C23H22N6O3. The molecular weight excluding hydrogens is 408 g/mol. The molecule has 0 radical (unpaired) electrons. The van der Waals surface area contributed by atoms with Crippen LogP contribution in [0.1, 0.15) is 22.9 Å². The maximum Gasteiger partial charge on any atom is 0.417 e. The van der Waals surface area contributed by atoms with Crippen molar-refractivity contribution in [3.05, 3.63) is 88.5 Å². The van der Waals surface area contributed by atoms with E-state index in [1.807, 2.05) is 65.6 Å². The summed E-state index contributed by atoms with van der Waals surface area (Å²) in [6, 6.07) is 9.95. The average Bonchev–Trinajstić information content (AvgIpc) is 3.39. The fourth-order valence-corrected chi connectivity index (χ4v) is 4.17. The lowest BCUT2D eigenvalue weighted by Crippen LogP contribution is -2.24. The van der Waals surface area contributed by atoms with Crippen molar-refractivity contribution < 1.29 is 9.53 Å². The molecule has 1 aromatic carbocycles. The predicted octanol–water partition coefficient (Wildman–Crippen LogP) is 2.93. The molecule has 4 aromatic rings. The van der Waals surface area contributed by atoms with Gasteiger partial charge in [-0.15, -0.1) is 0 Å². The van der Waals surface area contributed by atoms with E-state index >= 15 is 0 Å².